The molecule has 0 saturated heterocycles. The number of rotatable bonds is 2. The monoisotopic (exact) mass is 167 g/mol. The Hall–Kier alpha value is -1.58. The summed E-state index contributed by atoms with van der Waals surface area (Å²) in [6.07, 6.45) is 0. The molecule has 0 heterocycles. The van der Waals surface area contributed by atoms with Gasteiger partial charge in [-0.2, -0.15) is 4.39 Å². The van der Waals surface area contributed by atoms with Crippen molar-refractivity contribution < 1.29 is 4.39 Å². The highest BCUT2D eigenvalue weighted by Crippen LogP contribution is 2.18. The molecule has 1 rings (SSSR count). The van der Waals surface area contributed by atoms with Crippen LogP contribution in [-0.2, 0) is 0 Å². The van der Waals surface area contributed by atoms with E-state index in [4.69, 9.17) is 11.1 Å². The second kappa shape index (κ2) is 3.21. The minimum Gasteiger partial charge on any atom is -0.399 e. The number of nitrogens with one attached hydrogen (secondary N) is 2. The molecule has 1 aromatic carbocycles. The number of anilines is 2. The molecule has 0 unspecified atom stereocenters. The maximum Gasteiger partial charge on any atom is 0.214 e. The fourth-order valence-corrected chi connectivity index (χ4v) is 0.961. The fraction of sp³-hybridized carbons (Fsp3) is 0.125. The van der Waals surface area contributed by atoms with Gasteiger partial charge in [-0.15, -0.1) is 0 Å². The van der Waals surface area contributed by atoms with E-state index in [1.165, 1.54) is 6.07 Å². The highest BCUT2D eigenvalue weighted by Gasteiger charge is 2.05. The summed E-state index contributed by atoms with van der Waals surface area (Å²) in [4.78, 5) is 0. The summed E-state index contributed by atoms with van der Waals surface area (Å²) in [5.41, 5.74) is 6.64. The molecule has 4 heteroatoms. The van der Waals surface area contributed by atoms with Crippen LogP contribution in [0.1, 0.15) is 5.56 Å². The minimum atomic E-state index is -0.980. The average Bonchev–Trinajstić information content (AvgIpc) is 2.04. The van der Waals surface area contributed by atoms with E-state index in [0.29, 0.717) is 11.4 Å². The van der Waals surface area contributed by atoms with Gasteiger partial charge in [0.25, 0.3) is 0 Å². The summed E-state index contributed by atoms with van der Waals surface area (Å²) < 4.78 is 12.5. The van der Waals surface area contributed by atoms with Gasteiger partial charge in [-0.3, -0.25) is 5.41 Å². The fourth-order valence-electron chi connectivity index (χ4n) is 0.961. The Morgan fingerprint density at radius 1 is 1.58 bits per heavy atom. The molecule has 0 amide bonds. The standard InChI is InChI=1S/C8H10FN3/c1-12-7-3-2-5(10)4-6(7)8(9)11/h2-4,11-12H,10H2,1H3. The molecule has 0 aromatic heterocycles. The van der Waals surface area contributed by atoms with Crippen molar-refractivity contribution in [3.8, 4) is 0 Å². The van der Waals surface area contributed by atoms with E-state index >= 15 is 0 Å². The second-order valence-corrected chi connectivity index (χ2v) is 2.37. The largest absolute Gasteiger partial charge is 0.399 e. The third-order valence-electron chi connectivity index (χ3n) is 1.55. The van der Waals surface area contributed by atoms with Crippen molar-refractivity contribution in [2.75, 3.05) is 18.1 Å². The van der Waals surface area contributed by atoms with Crippen LogP contribution in [0.5, 0.6) is 0 Å². The summed E-state index contributed by atoms with van der Waals surface area (Å²) in [6, 6.07) is 4.71. The van der Waals surface area contributed by atoms with Crippen LogP contribution >= 0.6 is 0 Å². The van der Waals surface area contributed by atoms with Gasteiger partial charge >= 0.3 is 0 Å². The molecule has 12 heavy (non-hydrogen) atoms. The smallest absolute Gasteiger partial charge is 0.214 e. The van der Waals surface area contributed by atoms with Crippen LogP contribution < -0.4 is 11.1 Å². The molecular formula is C8H10FN3. The first kappa shape index (κ1) is 8.52. The number of hydrogen-bond acceptors (Lipinski definition) is 3. The minimum absolute atomic E-state index is 0.192. The average molecular weight is 167 g/mol. The summed E-state index contributed by atoms with van der Waals surface area (Å²) >= 11 is 0. The summed E-state index contributed by atoms with van der Waals surface area (Å²) in [5, 5.41) is 9.58. The Labute approximate surface area is 69.9 Å². The van der Waals surface area contributed by atoms with Crippen LogP contribution in [0.4, 0.5) is 15.8 Å². The summed E-state index contributed by atoms with van der Waals surface area (Å²) in [7, 11) is 1.66. The SMILES string of the molecule is CNc1ccc(N)cc1C(=N)F. The molecule has 0 aliphatic heterocycles. The van der Waals surface area contributed by atoms with Crippen LogP contribution in [0.15, 0.2) is 18.2 Å². The van der Waals surface area contributed by atoms with E-state index in [1.54, 1.807) is 19.2 Å². The Morgan fingerprint density at radius 2 is 2.25 bits per heavy atom. The van der Waals surface area contributed by atoms with Crippen molar-refractivity contribution in [1.82, 2.24) is 0 Å². The van der Waals surface area contributed by atoms with Crippen molar-refractivity contribution in [2.45, 2.75) is 0 Å². The quantitative estimate of drug-likeness (QED) is 0.463. The van der Waals surface area contributed by atoms with Crippen molar-refractivity contribution in [2.24, 2.45) is 0 Å². The van der Waals surface area contributed by atoms with Gasteiger partial charge in [0.15, 0.2) is 0 Å². The molecule has 0 fully saturated rings. The van der Waals surface area contributed by atoms with Crippen molar-refractivity contribution >= 4 is 17.3 Å². The van der Waals surface area contributed by atoms with Gasteiger partial charge in [-0.25, -0.2) is 0 Å². The van der Waals surface area contributed by atoms with Gasteiger partial charge < -0.3 is 11.1 Å². The van der Waals surface area contributed by atoms with Crippen LogP contribution in [0.2, 0.25) is 0 Å². The molecule has 0 spiro atoms. The molecule has 64 valence electrons. The number of nitrogens with two attached hydrogens (primary N) is 1. The van der Waals surface area contributed by atoms with Crippen molar-refractivity contribution in [3.05, 3.63) is 23.8 Å². The van der Waals surface area contributed by atoms with E-state index in [0.717, 1.165) is 0 Å². The molecule has 3 nitrogen and oxygen atoms in total. The van der Waals surface area contributed by atoms with Gasteiger partial charge in [0.1, 0.15) is 0 Å². The van der Waals surface area contributed by atoms with Crippen LogP contribution in [0, 0.1) is 5.41 Å². The molecule has 4 N–H and O–H groups in total. The van der Waals surface area contributed by atoms with Crippen LogP contribution in [-0.4, -0.2) is 13.0 Å². The topological polar surface area (TPSA) is 61.9 Å². The Balaban J connectivity index is 3.21. The number of halogens is 1. The lowest BCUT2D eigenvalue weighted by molar-refractivity contribution is 0.798. The molecule has 0 bridgehead atoms. The lowest BCUT2D eigenvalue weighted by Gasteiger charge is -2.05. The molecule has 0 aliphatic rings. The van der Waals surface area contributed by atoms with Gasteiger partial charge in [0.2, 0.25) is 5.97 Å². The molecule has 0 aliphatic carbocycles. The van der Waals surface area contributed by atoms with E-state index in [-0.39, 0.29) is 5.56 Å². The first-order valence-electron chi connectivity index (χ1n) is 3.47. The zero-order valence-electron chi connectivity index (χ0n) is 6.69. The molecular weight excluding hydrogens is 157 g/mol. The molecule has 0 radical (unpaired) electrons. The predicted molar refractivity (Wildman–Crippen MR) is 48.3 cm³/mol. The van der Waals surface area contributed by atoms with Crippen LogP contribution in [0.25, 0.3) is 0 Å². The van der Waals surface area contributed by atoms with Gasteiger partial charge in [0, 0.05) is 18.4 Å². The van der Waals surface area contributed by atoms with E-state index < -0.39 is 5.97 Å². The number of hydrogen-bond donors (Lipinski definition) is 3. The highest BCUT2D eigenvalue weighted by atomic mass is 19.1. The van der Waals surface area contributed by atoms with E-state index in [9.17, 15) is 4.39 Å². The molecule has 0 saturated carbocycles. The first-order chi connectivity index (χ1) is 5.65. The predicted octanol–water partition coefficient (Wildman–Crippen LogP) is 1.61. The van der Waals surface area contributed by atoms with Gasteiger partial charge in [-0.1, -0.05) is 0 Å². The van der Waals surface area contributed by atoms with E-state index in [1.807, 2.05) is 0 Å². The first-order valence-corrected chi connectivity index (χ1v) is 3.47. The third kappa shape index (κ3) is 1.53. The maximum absolute atomic E-state index is 12.5. The lowest BCUT2D eigenvalue weighted by Crippen LogP contribution is -2.00. The second-order valence-electron chi connectivity index (χ2n) is 2.37. The third-order valence-corrected chi connectivity index (χ3v) is 1.55. The van der Waals surface area contributed by atoms with Crippen molar-refractivity contribution in [3.63, 3.8) is 0 Å². The normalized spacial score (nSPS) is 9.50. The van der Waals surface area contributed by atoms with E-state index in [2.05, 4.69) is 5.32 Å². The number of nitrogen functional groups attached to an aromatic ring is 1. The van der Waals surface area contributed by atoms with Crippen LogP contribution in [0.3, 0.4) is 0 Å². The maximum atomic E-state index is 12.5. The number of benzene rings is 1. The molecule has 1 aromatic rings. The van der Waals surface area contributed by atoms with Gasteiger partial charge in [0.05, 0.1) is 5.56 Å². The lowest BCUT2D eigenvalue weighted by atomic mass is 10.1. The Morgan fingerprint density at radius 3 is 2.75 bits per heavy atom. The van der Waals surface area contributed by atoms with Gasteiger partial charge in [-0.05, 0) is 18.2 Å². The molecule has 0 atom stereocenters. The zero-order valence-corrected chi connectivity index (χ0v) is 6.69. The van der Waals surface area contributed by atoms with Crippen molar-refractivity contribution in [1.29, 1.82) is 5.41 Å². The summed E-state index contributed by atoms with van der Waals surface area (Å²) in [6.45, 7) is 0. The highest BCUT2D eigenvalue weighted by molar-refractivity contribution is 5.97. The summed E-state index contributed by atoms with van der Waals surface area (Å²) in [5.74, 6) is -0.980. The Kier molecular flexibility index (Phi) is 2.28. The zero-order chi connectivity index (χ0) is 9.14. The Bertz CT molecular complexity index is 309.